The predicted molar refractivity (Wildman–Crippen MR) is 107 cm³/mol. The topological polar surface area (TPSA) is 88.2 Å². The zero-order valence-electron chi connectivity index (χ0n) is 17.2. The number of carbonyl (C=O) groups excluding carboxylic acids is 3. The van der Waals surface area contributed by atoms with Crippen molar-refractivity contribution >= 4 is 17.8 Å². The van der Waals surface area contributed by atoms with E-state index in [1.54, 1.807) is 25.1 Å². The van der Waals surface area contributed by atoms with Crippen molar-refractivity contribution in [2.75, 3.05) is 19.9 Å². The van der Waals surface area contributed by atoms with Gasteiger partial charge in [-0.15, -0.1) is 0 Å². The first-order valence-electron chi connectivity index (χ1n) is 10.8. The number of imide groups is 1. The molecule has 0 spiro atoms. The number of rotatable bonds is 3. The molecule has 1 aromatic carbocycles. The van der Waals surface area contributed by atoms with Gasteiger partial charge in [-0.1, -0.05) is 18.9 Å². The molecule has 1 saturated carbocycles. The molecule has 160 valence electrons. The second kappa shape index (κ2) is 7.18. The summed E-state index contributed by atoms with van der Waals surface area (Å²) in [5.74, 6) is 1.15. The molecule has 4 amide bonds. The van der Waals surface area contributed by atoms with Crippen LogP contribution >= 0.6 is 0 Å². The molecule has 1 N–H and O–H groups in total. The lowest BCUT2D eigenvalue weighted by Crippen LogP contribution is -2.53. The summed E-state index contributed by atoms with van der Waals surface area (Å²) in [7, 11) is 0. The number of hydrogen-bond acceptors (Lipinski definition) is 5. The van der Waals surface area contributed by atoms with Crippen molar-refractivity contribution < 1.29 is 23.9 Å². The Labute approximate surface area is 175 Å². The first-order valence-corrected chi connectivity index (χ1v) is 10.8. The molecule has 2 saturated heterocycles. The maximum atomic E-state index is 13.2. The van der Waals surface area contributed by atoms with Crippen LogP contribution in [0.5, 0.6) is 11.5 Å². The third-order valence-corrected chi connectivity index (χ3v) is 7.08. The third kappa shape index (κ3) is 3.00. The lowest BCUT2D eigenvalue weighted by atomic mass is 9.78. The van der Waals surface area contributed by atoms with Gasteiger partial charge in [-0.3, -0.25) is 14.5 Å². The molecule has 8 heteroatoms. The number of amides is 4. The fourth-order valence-electron chi connectivity index (χ4n) is 5.40. The average Bonchev–Trinajstić information content (AvgIpc) is 3.31. The maximum absolute atomic E-state index is 13.2. The Morgan fingerprint density at radius 2 is 1.90 bits per heavy atom. The van der Waals surface area contributed by atoms with Gasteiger partial charge in [0.15, 0.2) is 11.5 Å². The second-order valence-corrected chi connectivity index (χ2v) is 8.86. The number of urea groups is 1. The zero-order valence-corrected chi connectivity index (χ0v) is 17.2. The van der Waals surface area contributed by atoms with Gasteiger partial charge in [-0.05, 0) is 56.2 Å². The Morgan fingerprint density at radius 1 is 1.13 bits per heavy atom. The minimum Gasteiger partial charge on any atom is -0.454 e. The summed E-state index contributed by atoms with van der Waals surface area (Å²) < 4.78 is 10.7. The minimum absolute atomic E-state index is 0.133. The van der Waals surface area contributed by atoms with Crippen LogP contribution in [0, 0.1) is 5.92 Å². The van der Waals surface area contributed by atoms with E-state index in [9.17, 15) is 14.4 Å². The highest BCUT2D eigenvalue weighted by molar-refractivity contribution is 6.09. The van der Waals surface area contributed by atoms with Crippen molar-refractivity contribution in [2.24, 2.45) is 5.92 Å². The van der Waals surface area contributed by atoms with Crippen molar-refractivity contribution in [2.45, 2.75) is 57.0 Å². The first kappa shape index (κ1) is 19.2. The molecule has 8 nitrogen and oxygen atoms in total. The predicted octanol–water partition coefficient (Wildman–Crippen LogP) is 2.36. The smallest absolute Gasteiger partial charge is 0.325 e. The highest BCUT2D eigenvalue weighted by Crippen LogP contribution is 2.38. The zero-order chi connectivity index (χ0) is 20.9. The largest absolute Gasteiger partial charge is 0.454 e. The van der Waals surface area contributed by atoms with Crippen LogP contribution in [0.15, 0.2) is 18.2 Å². The number of carbonyl (C=O) groups is 3. The average molecular weight is 413 g/mol. The Kier molecular flexibility index (Phi) is 4.60. The minimum atomic E-state index is -1.24. The summed E-state index contributed by atoms with van der Waals surface area (Å²) in [6.45, 7) is 2.29. The number of ether oxygens (including phenoxy) is 2. The molecule has 3 fully saturated rings. The molecule has 1 aliphatic carbocycles. The van der Waals surface area contributed by atoms with Gasteiger partial charge in [0, 0.05) is 12.6 Å². The van der Waals surface area contributed by atoms with Gasteiger partial charge in [-0.2, -0.15) is 0 Å². The lowest BCUT2D eigenvalue weighted by Gasteiger charge is -2.44. The van der Waals surface area contributed by atoms with E-state index in [1.165, 1.54) is 19.3 Å². The van der Waals surface area contributed by atoms with Crippen LogP contribution in [0.25, 0.3) is 0 Å². The SMILES string of the molecule is C[C@@]1(c2ccc3c(c2)OCO3)NC(=O)N(CC(=O)N2CCC[C@@H]3CCCC[C@@H]32)C1=O. The molecule has 3 aliphatic heterocycles. The highest BCUT2D eigenvalue weighted by Gasteiger charge is 2.50. The van der Waals surface area contributed by atoms with Crippen LogP contribution in [0.1, 0.15) is 51.0 Å². The Balaban J connectivity index is 1.33. The fraction of sp³-hybridized carbons (Fsp3) is 0.591. The second-order valence-electron chi connectivity index (χ2n) is 8.86. The Hall–Kier alpha value is -2.77. The summed E-state index contributed by atoms with van der Waals surface area (Å²) in [6, 6.07) is 4.90. The maximum Gasteiger partial charge on any atom is 0.325 e. The van der Waals surface area contributed by atoms with E-state index in [-0.39, 0.29) is 25.3 Å². The van der Waals surface area contributed by atoms with E-state index in [0.717, 1.165) is 24.2 Å². The quantitative estimate of drug-likeness (QED) is 0.769. The van der Waals surface area contributed by atoms with Crippen LogP contribution in [0.3, 0.4) is 0 Å². The van der Waals surface area contributed by atoms with Gasteiger partial charge >= 0.3 is 6.03 Å². The van der Waals surface area contributed by atoms with Crippen molar-refractivity contribution in [3.8, 4) is 11.5 Å². The molecule has 30 heavy (non-hydrogen) atoms. The molecule has 3 heterocycles. The standard InChI is InChI=1S/C22H27N3O5/c1-22(15-8-9-17-18(11-15)30-13-29-17)20(27)25(21(28)23-22)12-19(26)24-10-4-6-14-5-2-3-7-16(14)24/h8-9,11,14,16H,2-7,10,12-13H2,1H3,(H,23,28)/t14-,16-,22-/m0/s1. The van der Waals surface area contributed by atoms with E-state index in [1.807, 2.05) is 4.90 Å². The van der Waals surface area contributed by atoms with Crippen molar-refractivity contribution in [3.05, 3.63) is 23.8 Å². The normalized spacial score (nSPS) is 30.3. The summed E-state index contributed by atoms with van der Waals surface area (Å²) >= 11 is 0. The van der Waals surface area contributed by atoms with Crippen molar-refractivity contribution in [3.63, 3.8) is 0 Å². The van der Waals surface area contributed by atoms with Gasteiger partial charge < -0.3 is 19.7 Å². The van der Waals surface area contributed by atoms with Gasteiger partial charge in [0.25, 0.3) is 5.91 Å². The monoisotopic (exact) mass is 413 g/mol. The highest BCUT2D eigenvalue weighted by atomic mass is 16.7. The van der Waals surface area contributed by atoms with E-state index in [4.69, 9.17) is 9.47 Å². The first-order chi connectivity index (χ1) is 14.5. The Bertz CT molecular complexity index is 901. The van der Waals surface area contributed by atoms with Gasteiger partial charge in [0.2, 0.25) is 12.7 Å². The fourth-order valence-corrected chi connectivity index (χ4v) is 5.40. The molecule has 5 rings (SSSR count). The van der Waals surface area contributed by atoms with E-state index in [0.29, 0.717) is 29.5 Å². The number of likely N-dealkylation sites (tertiary alicyclic amines) is 1. The van der Waals surface area contributed by atoms with Gasteiger partial charge in [-0.25, -0.2) is 4.79 Å². The third-order valence-electron chi connectivity index (χ3n) is 7.08. The summed E-state index contributed by atoms with van der Waals surface area (Å²) in [4.78, 5) is 42.0. The summed E-state index contributed by atoms with van der Waals surface area (Å²) in [5.41, 5.74) is -0.640. The van der Waals surface area contributed by atoms with Crippen LogP contribution < -0.4 is 14.8 Å². The molecular weight excluding hydrogens is 386 g/mol. The summed E-state index contributed by atoms with van der Waals surface area (Å²) in [6.07, 6.45) is 6.70. The van der Waals surface area contributed by atoms with Crippen molar-refractivity contribution in [1.29, 1.82) is 0 Å². The molecule has 0 bridgehead atoms. The number of hydrogen-bond donors (Lipinski definition) is 1. The summed E-state index contributed by atoms with van der Waals surface area (Å²) in [5, 5.41) is 2.77. The molecule has 1 aromatic rings. The number of nitrogens with zero attached hydrogens (tertiary/aromatic N) is 2. The number of benzene rings is 1. The Morgan fingerprint density at radius 3 is 2.77 bits per heavy atom. The van der Waals surface area contributed by atoms with Crippen LogP contribution in [-0.4, -0.2) is 53.6 Å². The molecule has 0 unspecified atom stereocenters. The van der Waals surface area contributed by atoms with Crippen LogP contribution in [0.2, 0.25) is 0 Å². The molecule has 3 atom stereocenters. The van der Waals surface area contributed by atoms with E-state index >= 15 is 0 Å². The van der Waals surface area contributed by atoms with Gasteiger partial charge in [0.05, 0.1) is 0 Å². The number of piperidine rings is 1. The van der Waals surface area contributed by atoms with E-state index < -0.39 is 17.5 Å². The molecule has 0 radical (unpaired) electrons. The molecule has 0 aromatic heterocycles. The van der Waals surface area contributed by atoms with E-state index in [2.05, 4.69) is 5.32 Å². The van der Waals surface area contributed by atoms with Gasteiger partial charge in [0.1, 0.15) is 12.1 Å². The number of fused-ring (bicyclic) bond motifs is 2. The number of nitrogens with one attached hydrogen (secondary N) is 1. The van der Waals surface area contributed by atoms with Crippen LogP contribution in [0.4, 0.5) is 4.79 Å². The molecule has 4 aliphatic rings. The lowest BCUT2D eigenvalue weighted by molar-refractivity contribution is -0.142. The van der Waals surface area contributed by atoms with Crippen molar-refractivity contribution in [1.82, 2.24) is 15.1 Å². The molecular formula is C22H27N3O5. The van der Waals surface area contributed by atoms with Crippen LogP contribution in [-0.2, 0) is 15.1 Å².